The summed E-state index contributed by atoms with van der Waals surface area (Å²) in [6.45, 7) is 16.2. The Kier molecular flexibility index (Phi) is 5.37. The molecule has 1 aromatic rings. The van der Waals surface area contributed by atoms with Crippen molar-refractivity contribution in [1.29, 1.82) is 0 Å². The molecule has 20 heavy (non-hydrogen) atoms. The van der Waals surface area contributed by atoms with Gasteiger partial charge in [-0.3, -0.25) is 0 Å². The van der Waals surface area contributed by atoms with Gasteiger partial charge in [0.15, 0.2) is 0 Å². The highest BCUT2D eigenvalue weighted by molar-refractivity contribution is 5.59. The molecule has 0 spiro atoms. The van der Waals surface area contributed by atoms with Gasteiger partial charge in [-0.2, -0.15) is 0 Å². The van der Waals surface area contributed by atoms with E-state index in [-0.39, 0.29) is 5.41 Å². The summed E-state index contributed by atoms with van der Waals surface area (Å²) < 4.78 is 0. The summed E-state index contributed by atoms with van der Waals surface area (Å²) in [7, 11) is 1.92. The van der Waals surface area contributed by atoms with Crippen LogP contribution in [-0.4, -0.2) is 29.6 Å². The molecule has 1 aromatic heterocycles. The number of nitrogens with one attached hydrogen (secondary N) is 1. The monoisotopic (exact) mass is 278 g/mol. The first-order valence-electron chi connectivity index (χ1n) is 7.59. The van der Waals surface area contributed by atoms with Crippen molar-refractivity contribution in [2.45, 2.75) is 66.3 Å². The van der Waals surface area contributed by atoms with Crippen LogP contribution < -0.4 is 10.2 Å². The highest BCUT2D eigenvalue weighted by atomic mass is 15.2. The Hall–Kier alpha value is -1.32. The van der Waals surface area contributed by atoms with Crippen molar-refractivity contribution in [3.8, 4) is 0 Å². The Morgan fingerprint density at radius 2 is 1.80 bits per heavy atom. The molecule has 1 N–H and O–H groups in total. The second kappa shape index (κ2) is 6.42. The van der Waals surface area contributed by atoms with Crippen molar-refractivity contribution >= 4 is 11.6 Å². The Balaban J connectivity index is 3.43. The molecule has 0 aromatic carbocycles. The van der Waals surface area contributed by atoms with E-state index in [0.29, 0.717) is 6.04 Å². The Morgan fingerprint density at radius 1 is 1.20 bits per heavy atom. The van der Waals surface area contributed by atoms with Crippen LogP contribution in [-0.2, 0) is 5.41 Å². The first-order valence-corrected chi connectivity index (χ1v) is 7.59. The molecule has 114 valence electrons. The minimum absolute atomic E-state index is 0.0527. The number of aromatic nitrogens is 2. The summed E-state index contributed by atoms with van der Waals surface area (Å²) >= 11 is 0. The zero-order valence-electron chi connectivity index (χ0n) is 14.3. The first kappa shape index (κ1) is 16.7. The van der Waals surface area contributed by atoms with E-state index in [1.165, 1.54) is 0 Å². The molecule has 1 unspecified atom stereocenters. The number of anilines is 2. The maximum Gasteiger partial charge on any atom is 0.138 e. The van der Waals surface area contributed by atoms with Crippen LogP contribution >= 0.6 is 0 Å². The lowest BCUT2D eigenvalue weighted by Crippen LogP contribution is -2.34. The van der Waals surface area contributed by atoms with Crippen LogP contribution in [0.25, 0.3) is 0 Å². The lowest BCUT2D eigenvalue weighted by Gasteiger charge is -2.31. The van der Waals surface area contributed by atoms with Crippen molar-refractivity contribution in [3.05, 3.63) is 11.4 Å². The van der Waals surface area contributed by atoms with Crippen LogP contribution in [0.2, 0.25) is 0 Å². The molecule has 0 aliphatic heterocycles. The lowest BCUT2D eigenvalue weighted by molar-refractivity contribution is 0.539. The Morgan fingerprint density at radius 3 is 2.20 bits per heavy atom. The van der Waals surface area contributed by atoms with Crippen molar-refractivity contribution < 1.29 is 0 Å². The average molecular weight is 278 g/mol. The molecular weight excluding hydrogens is 248 g/mol. The standard InChI is InChI=1S/C16H30N4/c1-9-11(3)20(10-2)14-12(4)13(17-8)18-15(19-14)16(5,6)7/h11H,9-10H2,1-8H3,(H,17,18,19). The second-order valence-electron chi connectivity index (χ2n) is 6.39. The molecule has 4 heteroatoms. The summed E-state index contributed by atoms with van der Waals surface area (Å²) in [4.78, 5) is 11.9. The van der Waals surface area contributed by atoms with E-state index in [0.717, 1.165) is 36.0 Å². The number of nitrogens with zero attached hydrogens (tertiary/aromatic N) is 3. The van der Waals surface area contributed by atoms with E-state index in [1.807, 2.05) is 7.05 Å². The van der Waals surface area contributed by atoms with E-state index in [2.05, 4.69) is 63.7 Å². The van der Waals surface area contributed by atoms with Crippen LogP contribution in [0.1, 0.15) is 59.4 Å². The minimum Gasteiger partial charge on any atom is -0.373 e. The van der Waals surface area contributed by atoms with Gasteiger partial charge in [0.25, 0.3) is 0 Å². The molecule has 0 radical (unpaired) electrons. The highest BCUT2D eigenvalue weighted by Crippen LogP contribution is 2.29. The molecule has 0 amide bonds. The number of hydrogen-bond acceptors (Lipinski definition) is 4. The zero-order valence-corrected chi connectivity index (χ0v) is 14.3. The van der Waals surface area contributed by atoms with Gasteiger partial charge in [-0.15, -0.1) is 0 Å². The van der Waals surface area contributed by atoms with Gasteiger partial charge in [-0.25, -0.2) is 9.97 Å². The third-order valence-electron chi connectivity index (χ3n) is 3.76. The summed E-state index contributed by atoms with van der Waals surface area (Å²) in [5.41, 5.74) is 1.07. The van der Waals surface area contributed by atoms with E-state index in [4.69, 9.17) is 4.98 Å². The van der Waals surface area contributed by atoms with Gasteiger partial charge >= 0.3 is 0 Å². The molecule has 0 fully saturated rings. The van der Waals surface area contributed by atoms with Gasteiger partial charge in [0.1, 0.15) is 17.5 Å². The van der Waals surface area contributed by atoms with Gasteiger partial charge in [0.05, 0.1) is 0 Å². The Bertz CT molecular complexity index is 449. The molecule has 1 heterocycles. The molecule has 1 rings (SSSR count). The fourth-order valence-electron chi connectivity index (χ4n) is 2.25. The Labute approximate surface area is 124 Å². The normalized spacial score (nSPS) is 13.2. The summed E-state index contributed by atoms with van der Waals surface area (Å²) in [5, 5.41) is 3.21. The van der Waals surface area contributed by atoms with Crippen LogP contribution in [0.15, 0.2) is 0 Å². The molecule has 0 saturated carbocycles. The van der Waals surface area contributed by atoms with Gasteiger partial charge < -0.3 is 10.2 Å². The average Bonchev–Trinajstić information content (AvgIpc) is 2.39. The molecule has 4 nitrogen and oxygen atoms in total. The van der Waals surface area contributed by atoms with E-state index < -0.39 is 0 Å². The molecule has 0 aliphatic rings. The van der Waals surface area contributed by atoms with Crippen molar-refractivity contribution in [2.75, 3.05) is 23.8 Å². The summed E-state index contributed by atoms with van der Waals surface area (Å²) in [6.07, 6.45) is 1.11. The second-order valence-corrected chi connectivity index (χ2v) is 6.39. The van der Waals surface area contributed by atoms with Crippen molar-refractivity contribution in [1.82, 2.24) is 9.97 Å². The largest absolute Gasteiger partial charge is 0.373 e. The SMILES string of the molecule is CCC(C)N(CC)c1nc(C(C)(C)C)nc(NC)c1C. The smallest absolute Gasteiger partial charge is 0.138 e. The molecule has 0 bridgehead atoms. The molecular formula is C16H30N4. The van der Waals surface area contributed by atoms with Gasteiger partial charge in [-0.05, 0) is 27.2 Å². The summed E-state index contributed by atoms with van der Waals surface area (Å²) in [5.74, 6) is 2.89. The minimum atomic E-state index is -0.0527. The number of rotatable bonds is 5. The van der Waals surface area contributed by atoms with Crippen LogP contribution in [0, 0.1) is 6.92 Å². The van der Waals surface area contributed by atoms with Crippen LogP contribution in [0.4, 0.5) is 11.6 Å². The zero-order chi connectivity index (χ0) is 15.5. The quantitative estimate of drug-likeness (QED) is 0.890. The third-order valence-corrected chi connectivity index (χ3v) is 3.76. The van der Waals surface area contributed by atoms with Crippen molar-refractivity contribution in [2.24, 2.45) is 0 Å². The molecule has 0 saturated heterocycles. The van der Waals surface area contributed by atoms with Crippen LogP contribution in [0.5, 0.6) is 0 Å². The fourth-order valence-corrected chi connectivity index (χ4v) is 2.25. The van der Waals surface area contributed by atoms with E-state index in [1.54, 1.807) is 0 Å². The van der Waals surface area contributed by atoms with Crippen molar-refractivity contribution in [3.63, 3.8) is 0 Å². The predicted molar refractivity (Wildman–Crippen MR) is 87.8 cm³/mol. The van der Waals surface area contributed by atoms with Gasteiger partial charge in [0, 0.05) is 30.6 Å². The molecule has 1 atom stereocenters. The van der Waals surface area contributed by atoms with E-state index in [9.17, 15) is 0 Å². The topological polar surface area (TPSA) is 41.1 Å². The third kappa shape index (κ3) is 3.41. The molecule has 0 aliphatic carbocycles. The van der Waals surface area contributed by atoms with E-state index >= 15 is 0 Å². The fraction of sp³-hybridized carbons (Fsp3) is 0.750. The maximum absolute atomic E-state index is 4.87. The highest BCUT2D eigenvalue weighted by Gasteiger charge is 2.24. The predicted octanol–water partition coefficient (Wildman–Crippen LogP) is 3.75. The van der Waals surface area contributed by atoms with Gasteiger partial charge in [0.2, 0.25) is 0 Å². The van der Waals surface area contributed by atoms with Crippen LogP contribution in [0.3, 0.4) is 0 Å². The maximum atomic E-state index is 4.87. The number of hydrogen-bond donors (Lipinski definition) is 1. The lowest BCUT2D eigenvalue weighted by atomic mass is 9.95. The first-order chi connectivity index (χ1) is 9.26. The van der Waals surface area contributed by atoms with Gasteiger partial charge in [-0.1, -0.05) is 27.7 Å². The summed E-state index contributed by atoms with van der Waals surface area (Å²) in [6, 6.07) is 0.478.